The number of nitrogens with zero attached hydrogens (tertiary/aromatic N) is 1. The molecule has 0 saturated heterocycles. The molecule has 21 heavy (non-hydrogen) atoms. The maximum atomic E-state index is 12.2. The molecule has 0 fully saturated rings. The van der Waals surface area contributed by atoms with Gasteiger partial charge in [0, 0.05) is 19.3 Å². The molecule has 2 rings (SSSR count). The smallest absolute Gasteiger partial charge is 0.263 e. The lowest BCUT2D eigenvalue weighted by Gasteiger charge is -2.11. The molecule has 0 radical (unpaired) electrons. The predicted molar refractivity (Wildman–Crippen MR) is 79.2 cm³/mol. The predicted octanol–water partition coefficient (Wildman–Crippen LogP) is 1.65. The number of anilines is 1. The Bertz CT molecular complexity index is 722. The molecule has 1 aromatic carbocycles. The molecule has 2 aromatic rings. The highest BCUT2D eigenvalue weighted by molar-refractivity contribution is 6.04. The van der Waals surface area contributed by atoms with Crippen molar-refractivity contribution in [2.45, 2.75) is 0 Å². The maximum absolute atomic E-state index is 12.2. The SMILES string of the molecule is COc1ccc(OC)c(NC(=O)c2cccn(C)c2=O)c1. The van der Waals surface area contributed by atoms with Crippen LogP contribution in [0.4, 0.5) is 5.69 Å². The summed E-state index contributed by atoms with van der Waals surface area (Å²) in [4.78, 5) is 24.2. The number of carbonyl (C=O) groups excluding carboxylic acids is 1. The zero-order chi connectivity index (χ0) is 15.4. The fraction of sp³-hybridized carbons (Fsp3) is 0.200. The average Bonchev–Trinajstić information content (AvgIpc) is 2.49. The van der Waals surface area contributed by atoms with Crippen LogP contribution in [0.25, 0.3) is 0 Å². The first kappa shape index (κ1) is 14.6. The van der Waals surface area contributed by atoms with Crippen LogP contribution in [0.3, 0.4) is 0 Å². The second kappa shape index (κ2) is 6.13. The van der Waals surface area contributed by atoms with Crippen LogP contribution < -0.4 is 20.3 Å². The minimum absolute atomic E-state index is 0.0601. The lowest BCUT2D eigenvalue weighted by atomic mass is 10.2. The van der Waals surface area contributed by atoms with Crippen molar-refractivity contribution in [1.82, 2.24) is 4.57 Å². The quantitative estimate of drug-likeness (QED) is 0.929. The van der Waals surface area contributed by atoms with Gasteiger partial charge < -0.3 is 19.4 Å². The van der Waals surface area contributed by atoms with Crippen molar-refractivity contribution in [2.75, 3.05) is 19.5 Å². The Morgan fingerprint density at radius 1 is 1.19 bits per heavy atom. The number of hydrogen-bond acceptors (Lipinski definition) is 4. The van der Waals surface area contributed by atoms with Gasteiger partial charge in [-0.25, -0.2) is 0 Å². The summed E-state index contributed by atoms with van der Waals surface area (Å²) in [6, 6.07) is 8.14. The molecule has 0 aliphatic heterocycles. The number of rotatable bonds is 4. The van der Waals surface area contributed by atoms with Crippen molar-refractivity contribution >= 4 is 11.6 Å². The number of nitrogens with one attached hydrogen (secondary N) is 1. The zero-order valence-corrected chi connectivity index (χ0v) is 12.0. The number of aryl methyl sites for hydroxylation is 1. The van der Waals surface area contributed by atoms with E-state index >= 15 is 0 Å². The number of benzene rings is 1. The topological polar surface area (TPSA) is 69.6 Å². The minimum atomic E-state index is -0.497. The van der Waals surface area contributed by atoms with E-state index in [1.54, 1.807) is 37.5 Å². The number of methoxy groups -OCH3 is 2. The second-order valence-corrected chi connectivity index (χ2v) is 4.36. The molecule has 0 bridgehead atoms. The Balaban J connectivity index is 2.35. The normalized spacial score (nSPS) is 10.0. The highest BCUT2D eigenvalue weighted by atomic mass is 16.5. The van der Waals surface area contributed by atoms with Gasteiger partial charge in [-0.05, 0) is 24.3 Å². The number of aromatic nitrogens is 1. The van der Waals surface area contributed by atoms with Gasteiger partial charge in [0.05, 0.1) is 19.9 Å². The van der Waals surface area contributed by atoms with Crippen molar-refractivity contribution in [3.8, 4) is 11.5 Å². The van der Waals surface area contributed by atoms with E-state index < -0.39 is 5.91 Å². The number of hydrogen-bond donors (Lipinski definition) is 1. The average molecular weight is 288 g/mol. The molecule has 6 heteroatoms. The standard InChI is InChI=1S/C15H16N2O4/c1-17-8-4-5-11(15(17)19)14(18)16-12-9-10(20-2)6-7-13(12)21-3/h4-9H,1-3H3,(H,16,18). The van der Waals surface area contributed by atoms with Crippen LogP contribution >= 0.6 is 0 Å². The van der Waals surface area contributed by atoms with Gasteiger partial charge in [0.2, 0.25) is 0 Å². The Hall–Kier alpha value is -2.76. The Morgan fingerprint density at radius 3 is 2.62 bits per heavy atom. The molecule has 1 aromatic heterocycles. The van der Waals surface area contributed by atoms with E-state index in [0.29, 0.717) is 17.2 Å². The first-order valence-corrected chi connectivity index (χ1v) is 6.26. The fourth-order valence-corrected chi connectivity index (χ4v) is 1.87. The number of pyridine rings is 1. The lowest BCUT2D eigenvalue weighted by Crippen LogP contribution is -2.27. The molecular formula is C15H16N2O4. The van der Waals surface area contributed by atoms with E-state index in [4.69, 9.17) is 9.47 Å². The summed E-state index contributed by atoms with van der Waals surface area (Å²) in [5.74, 6) is 0.562. The Morgan fingerprint density at radius 2 is 1.95 bits per heavy atom. The Kier molecular flexibility index (Phi) is 4.27. The largest absolute Gasteiger partial charge is 0.497 e. The summed E-state index contributed by atoms with van der Waals surface area (Å²) in [7, 11) is 4.62. The van der Waals surface area contributed by atoms with Crippen molar-refractivity contribution in [3.05, 3.63) is 52.4 Å². The second-order valence-electron chi connectivity index (χ2n) is 4.36. The molecule has 0 aliphatic rings. The number of carbonyl (C=O) groups is 1. The highest BCUT2D eigenvalue weighted by Gasteiger charge is 2.14. The molecule has 6 nitrogen and oxygen atoms in total. The van der Waals surface area contributed by atoms with Crippen LogP contribution in [0.2, 0.25) is 0 Å². The summed E-state index contributed by atoms with van der Waals surface area (Å²) in [6.45, 7) is 0. The number of amides is 1. The molecule has 110 valence electrons. The number of ether oxygens (including phenoxy) is 2. The van der Waals surface area contributed by atoms with Gasteiger partial charge in [-0.2, -0.15) is 0 Å². The van der Waals surface area contributed by atoms with E-state index in [1.807, 2.05) is 0 Å². The zero-order valence-electron chi connectivity index (χ0n) is 12.0. The summed E-state index contributed by atoms with van der Waals surface area (Å²) in [5.41, 5.74) is 0.134. The van der Waals surface area contributed by atoms with Crippen LogP contribution in [0.5, 0.6) is 11.5 Å². The summed E-state index contributed by atoms with van der Waals surface area (Å²) >= 11 is 0. The van der Waals surface area contributed by atoms with Crippen molar-refractivity contribution in [2.24, 2.45) is 7.05 Å². The van der Waals surface area contributed by atoms with Crippen molar-refractivity contribution in [3.63, 3.8) is 0 Å². The van der Waals surface area contributed by atoms with Crippen LogP contribution in [0, 0.1) is 0 Å². The molecule has 0 spiro atoms. The molecule has 0 unspecified atom stereocenters. The Labute approximate surface area is 121 Å². The van der Waals surface area contributed by atoms with Gasteiger partial charge >= 0.3 is 0 Å². The molecule has 1 amide bonds. The summed E-state index contributed by atoms with van der Waals surface area (Å²) < 4.78 is 11.6. The van der Waals surface area contributed by atoms with Gasteiger partial charge in [-0.1, -0.05) is 0 Å². The van der Waals surface area contributed by atoms with Gasteiger partial charge in [-0.15, -0.1) is 0 Å². The molecule has 1 heterocycles. The van der Waals surface area contributed by atoms with Crippen LogP contribution in [0.15, 0.2) is 41.3 Å². The molecule has 0 saturated carbocycles. The van der Waals surface area contributed by atoms with Crippen LogP contribution in [-0.4, -0.2) is 24.7 Å². The lowest BCUT2D eigenvalue weighted by molar-refractivity contribution is 0.102. The van der Waals surface area contributed by atoms with E-state index in [1.165, 1.54) is 24.9 Å². The molecule has 0 atom stereocenters. The molecule has 1 N–H and O–H groups in total. The van der Waals surface area contributed by atoms with Crippen molar-refractivity contribution in [1.29, 1.82) is 0 Å². The fourth-order valence-electron chi connectivity index (χ4n) is 1.87. The van der Waals surface area contributed by atoms with Crippen LogP contribution in [0.1, 0.15) is 10.4 Å². The molecular weight excluding hydrogens is 272 g/mol. The first-order valence-electron chi connectivity index (χ1n) is 6.26. The van der Waals surface area contributed by atoms with Gasteiger partial charge in [0.25, 0.3) is 11.5 Å². The van der Waals surface area contributed by atoms with Crippen molar-refractivity contribution < 1.29 is 14.3 Å². The van der Waals surface area contributed by atoms with E-state index in [0.717, 1.165) is 0 Å². The van der Waals surface area contributed by atoms with Gasteiger partial charge in [0.15, 0.2) is 0 Å². The third kappa shape index (κ3) is 3.05. The highest BCUT2D eigenvalue weighted by Crippen LogP contribution is 2.29. The summed E-state index contributed by atoms with van der Waals surface area (Å²) in [5, 5.41) is 2.66. The monoisotopic (exact) mass is 288 g/mol. The van der Waals surface area contributed by atoms with Gasteiger partial charge in [-0.3, -0.25) is 9.59 Å². The third-order valence-electron chi connectivity index (χ3n) is 3.02. The third-order valence-corrected chi connectivity index (χ3v) is 3.02. The first-order chi connectivity index (χ1) is 10.1. The molecule has 0 aliphatic carbocycles. The minimum Gasteiger partial charge on any atom is -0.497 e. The maximum Gasteiger partial charge on any atom is 0.263 e. The van der Waals surface area contributed by atoms with Gasteiger partial charge in [0.1, 0.15) is 17.1 Å². The van der Waals surface area contributed by atoms with E-state index in [-0.39, 0.29) is 11.1 Å². The summed E-state index contributed by atoms with van der Waals surface area (Å²) in [6.07, 6.45) is 1.59. The van der Waals surface area contributed by atoms with Crippen LogP contribution in [-0.2, 0) is 7.05 Å². The van der Waals surface area contributed by atoms with E-state index in [2.05, 4.69) is 5.32 Å². The van der Waals surface area contributed by atoms with E-state index in [9.17, 15) is 9.59 Å².